The maximum Gasteiger partial charge on any atom is 0.407 e. The Hall–Kier alpha value is -3.68. The molecule has 4 aromatic rings. The van der Waals surface area contributed by atoms with Crippen molar-refractivity contribution in [2.75, 3.05) is 0 Å². The Labute approximate surface area is 174 Å². The number of ether oxygens (including phenoxy) is 1. The van der Waals surface area contributed by atoms with Gasteiger partial charge in [-0.05, 0) is 32.4 Å². The van der Waals surface area contributed by atoms with E-state index in [2.05, 4.69) is 15.5 Å². The van der Waals surface area contributed by atoms with Crippen molar-refractivity contribution < 1.29 is 9.53 Å². The molecule has 1 aromatic carbocycles. The van der Waals surface area contributed by atoms with E-state index in [0.29, 0.717) is 6.54 Å². The normalized spacial score (nSPS) is 11.6. The number of hydrogen-bond acceptors (Lipinski definition) is 5. The van der Waals surface area contributed by atoms with Crippen molar-refractivity contribution in [1.29, 1.82) is 0 Å². The van der Waals surface area contributed by atoms with Crippen molar-refractivity contribution in [1.82, 2.24) is 29.7 Å². The molecule has 0 aliphatic rings. The van der Waals surface area contributed by atoms with Gasteiger partial charge in [0.25, 0.3) is 0 Å². The first-order valence-corrected chi connectivity index (χ1v) is 9.68. The van der Waals surface area contributed by atoms with Gasteiger partial charge < -0.3 is 10.1 Å². The van der Waals surface area contributed by atoms with Gasteiger partial charge in [-0.3, -0.25) is 4.68 Å². The van der Waals surface area contributed by atoms with E-state index in [1.165, 1.54) is 0 Å². The Morgan fingerprint density at radius 2 is 1.83 bits per heavy atom. The molecule has 0 fully saturated rings. The van der Waals surface area contributed by atoms with Crippen molar-refractivity contribution >= 4 is 11.6 Å². The number of carbonyl (C=O) groups excluding carboxylic acids is 1. The molecule has 3 heterocycles. The van der Waals surface area contributed by atoms with Crippen LogP contribution in [0.25, 0.3) is 28.0 Å². The second kappa shape index (κ2) is 7.62. The molecule has 0 radical (unpaired) electrons. The predicted molar refractivity (Wildman–Crippen MR) is 114 cm³/mol. The van der Waals surface area contributed by atoms with Crippen molar-refractivity contribution in [3.63, 3.8) is 0 Å². The summed E-state index contributed by atoms with van der Waals surface area (Å²) in [4.78, 5) is 16.7. The number of alkyl carbamates (subject to hydrolysis) is 1. The summed E-state index contributed by atoms with van der Waals surface area (Å²) in [7, 11) is 1.88. The van der Waals surface area contributed by atoms with Crippen LogP contribution in [0, 0.1) is 0 Å². The SMILES string of the molecule is Cn1cc(-c2cn3nccc3c(-c3ccc(CNC(=O)OC(C)(C)C)cc3)n2)cn1. The van der Waals surface area contributed by atoms with E-state index in [1.54, 1.807) is 17.1 Å². The highest BCUT2D eigenvalue weighted by atomic mass is 16.6. The number of rotatable bonds is 4. The first-order valence-electron chi connectivity index (χ1n) is 9.68. The Kier molecular flexibility index (Phi) is 4.99. The Bertz CT molecular complexity index is 1180. The number of nitrogens with one attached hydrogen (secondary N) is 1. The third-order valence-corrected chi connectivity index (χ3v) is 4.45. The summed E-state index contributed by atoms with van der Waals surface area (Å²) in [5, 5.41) is 11.4. The molecule has 0 aliphatic heterocycles. The molecule has 8 heteroatoms. The van der Waals surface area contributed by atoms with Crippen LogP contribution in [0.1, 0.15) is 26.3 Å². The summed E-state index contributed by atoms with van der Waals surface area (Å²) in [6.45, 7) is 5.90. The lowest BCUT2D eigenvalue weighted by molar-refractivity contribution is 0.0523. The molecular weight excluding hydrogens is 380 g/mol. The smallest absolute Gasteiger partial charge is 0.407 e. The molecule has 0 unspecified atom stereocenters. The predicted octanol–water partition coefficient (Wildman–Crippen LogP) is 3.82. The summed E-state index contributed by atoms with van der Waals surface area (Å²) in [6.07, 6.45) is 6.93. The van der Waals surface area contributed by atoms with Crippen LogP contribution >= 0.6 is 0 Å². The average molecular weight is 404 g/mol. The fourth-order valence-electron chi connectivity index (χ4n) is 3.10. The van der Waals surface area contributed by atoms with E-state index in [9.17, 15) is 4.79 Å². The minimum Gasteiger partial charge on any atom is -0.444 e. The van der Waals surface area contributed by atoms with Crippen LogP contribution in [0.3, 0.4) is 0 Å². The molecular formula is C22H24N6O2. The van der Waals surface area contributed by atoms with Gasteiger partial charge in [0, 0.05) is 30.9 Å². The lowest BCUT2D eigenvalue weighted by Crippen LogP contribution is -2.32. The molecule has 0 bridgehead atoms. The topological polar surface area (TPSA) is 86.3 Å². The van der Waals surface area contributed by atoms with Crippen LogP contribution in [0.5, 0.6) is 0 Å². The van der Waals surface area contributed by atoms with Gasteiger partial charge in [0.2, 0.25) is 0 Å². The minimum absolute atomic E-state index is 0.389. The highest BCUT2D eigenvalue weighted by Gasteiger charge is 2.16. The van der Waals surface area contributed by atoms with Crippen LogP contribution in [-0.4, -0.2) is 36.1 Å². The number of fused-ring (bicyclic) bond motifs is 1. The second-order valence-corrected chi connectivity index (χ2v) is 8.09. The van der Waals surface area contributed by atoms with Crippen LogP contribution < -0.4 is 5.32 Å². The number of nitrogens with zero attached hydrogens (tertiary/aromatic N) is 5. The number of hydrogen-bond donors (Lipinski definition) is 1. The maximum absolute atomic E-state index is 11.9. The van der Waals surface area contributed by atoms with E-state index in [1.807, 2.05) is 75.1 Å². The summed E-state index contributed by atoms with van der Waals surface area (Å²) in [5.74, 6) is 0. The first-order chi connectivity index (χ1) is 14.3. The Morgan fingerprint density at radius 1 is 1.07 bits per heavy atom. The molecule has 8 nitrogen and oxygen atoms in total. The summed E-state index contributed by atoms with van der Waals surface area (Å²) in [6, 6.07) is 9.87. The van der Waals surface area contributed by atoms with Crippen LogP contribution in [0.2, 0.25) is 0 Å². The number of carbonyl (C=O) groups is 1. The average Bonchev–Trinajstić information content (AvgIpc) is 3.33. The Morgan fingerprint density at radius 3 is 2.50 bits per heavy atom. The maximum atomic E-state index is 11.9. The van der Waals surface area contributed by atoms with Gasteiger partial charge in [0.1, 0.15) is 5.60 Å². The first kappa shape index (κ1) is 19.6. The minimum atomic E-state index is -0.518. The van der Waals surface area contributed by atoms with E-state index in [4.69, 9.17) is 9.72 Å². The Balaban J connectivity index is 1.58. The third-order valence-electron chi connectivity index (χ3n) is 4.45. The van der Waals surface area contributed by atoms with Crippen LogP contribution in [-0.2, 0) is 18.3 Å². The standard InChI is InChI=1S/C22H24N6O2/c1-22(2,3)30-21(29)23-11-15-5-7-16(8-6-15)20-19-9-10-24-28(19)14-18(26-20)17-12-25-27(4)13-17/h5-10,12-14H,11H2,1-4H3,(H,23,29). The highest BCUT2D eigenvalue weighted by molar-refractivity contribution is 5.79. The van der Waals surface area contributed by atoms with Gasteiger partial charge in [-0.25, -0.2) is 14.3 Å². The molecule has 0 atom stereocenters. The largest absolute Gasteiger partial charge is 0.444 e. The molecule has 30 heavy (non-hydrogen) atoms. The number of aryl methyl sites for hydroxylation is 1. The highest BCUT2D eigenvalue weighted by Crippen LogP contribution is 2.27. The summed E-state index contributed by atoms with van der Waals surface area (Å²) in [5.41, 5.74) is 4.89. The number of aromatic nitrogens is 5. The van der Waals surface area contributed by atoms with E-state index < -0.39 is 11.7 Å². The van der Waals surface area contributed by atoms with Crippen LogP contribution in [0.15, 0.2) is 55.1 Å². The quantitative estimate of drug-likeness (QED) is 0.559. The monoisotopic (exact) mass is 404 g/mol. The lowest BCUT2D eigenvalue weighted by Gasteiger charge is -2.19. The number of benzene rings is 1. The van der Waals surface area contributed by atoms with Gasteiger partial charge in [0.15, 0.2) is 0 Å². The van der Waals surface area contributed by atoms with E-state index in [0.717, 1.165) is 33.6 Å². The van der Waals surface area contributed by atoms with Crippen LogP contribution in [0.4, 0.5) is 4.79 Å². The van der Waals surface area contributed by atoms with E-state index in [-0.39, 0.29) is 0 Å². The van der Waals surface area contributed by atoms with Crippen molar-refractivity contribution in [3.8, 4) is 22.5 Å². The molecule has 154 valence electrons. The van der Waals surface area contributed by atoms with Crippen molar-refractivity contribution in [3.05, 3.63) is 60.7 Å². The second-order valence-electron chi connectivity index (χ2n) is 8.09. The van der Waals surface area contributed by atoms with Gasteiger partial charge in [-0.1, -0.05) is 24.3 Å². The molecule has 0 saturated heterocycles. The molecule has 1 N–H and O–H groups in total. The molecule has 0 saturated carbocycles. The zero-order chi connectivity index (χ0) is 21.3. The zero-order valence-corrected chi connectivity index (χ0v) is 17.5. The number of amides is 1. The van der Waals surface area contributed by atoms with Crippen molar-refractivity contribution in [2.45, 2.75) is 32.9 Å². The molecule has 4 rings (SSSR count). The fraction of sp³-hybridized carbons (Fsp3) is 0.273. The molecule has 3 aromatic heterocycles. The fourth-order valence-corrected chi connectivity index (χ4v) is 3.10. The van der Waals surface area contributed by atoms with Gasteiger partial charge in [-0.2, -0.15) is 10.2 Å². The van der Waals surface area contributed by atoms with Gasteiger partial charge >= 0.3 is 6.09 Å². The summed E-state index contributed by atoms with van der Waals surface area (Å²) < 4.78 is 8.84. The van der Waals surface area contributed by atoms with Gasteiger partial charge in [-0.15, -0.1) is 0 Å². The molecule has 0 spiro atoms. The van der Waals surface area contributed by atoms with E-state index >= 15 is 0 Å². The van der Waals surface area contributed by atoms with Crippen molar-refractivity contribution in [2.24, 2.45) is 7.05 Å². The molecule has 1 amide bonds. The zero-order valence-electron chi connectivity index (χ0n) is 17.5. The molecule has 0 aliphatic carbocycles. The lowest BCUT2D eigenvalue weighted by atomic mass is 10.1. The van der Waals surface area contributed by atoms with Gasteiger partial charge in [0.05, 0.1) is 35.5 Å². The summed E-state index contributed by atoms with van der Waals surface area (Å²) >= 11 is 0. The third kappa shape index (κ3) is 4.32.